The lowest BCUT2D eigenvalue weighted by Gasteiger charge is -2.35. The van der Waals surface area contributed by atoms with E-state index in [1.54, 1.807) is 0 Å². The van der Waals surface area contributed by atoms with Crippen molar-refractivity contribution in [2.45, 2.75) is 5.41 Å². The molecule has 1 nitrogen and oxygen atoms in total. The van der Waals surface area contributed by atoms with Crippen molar-refractivity contribution in [3.63, 3.8) is 0 Å². The van der Waals surface area contributed by atoms with Gasteiger partial charge in [-0.05, 0) is 141 Å². The maximum Gasteiger partial charge on any atom is 0.136 e. The highest BCUT2D eigenvalue weighted by Gasteiger charge is 2.48. The molecule has 0 saturated heterocycles. The Bertz CT molecular complexity index is 3510. The van der Waals surface area contributed by atoms with Crippen molar-refractivity contribution < 1.29 is 4.42 Å². The largest absolute Gasteiger partial charge is 0.456 e. The zero-order valence-electron chi connectivity index (χ0n) is 31.5. The number of benzene rings is 11. The van der Waals surface area contributed by atoms with Crippen LogP contribution in [0.5, 0.6) is 0 Å². The first kappa shape index (κ1) is 31.7. The summed E-state index contributed by atoms with van der Waals surface area (Å²) in [5, 5.41) is 12.6. The molecule has 58 heavy (non-hydrogen) atoms. The van der Waals surface area contributed by atoms with Gasteiger partial charge < -0.3 is 4.42 Å². The van der Waals surface area contributed by atoms with Gasteiger partial charge >= 0.3 is 0 Å². The molecule has 1 aliphatic carbocycles. The van der Waals surface area contributed by atoms with Crippen LogP contribution >= 0.6 is 0 Å². The highest BCUT2D eigenvalue weighted by atomic mass is 16.3. The lowest BCUT2D eigenvalue weighted by molar-refractivity contribution is 0.669. The van der Waals surface area contributed by atoms with Crippen LogP contribution in [0.4, 0.5) is 0 Å². The highest BCUT2D eigenvalue weighted by Crippen LogP contribution is 2.61. The Kier molecular flexibility index (Phi) is 6.43. The van der Waals surface area contributed by atoms with Gasteiger partial charge in [-0.15, -0.1) is 0 Å². The molecular weight excluding hydrogens is 701 g/mol. The molecule has 0 atom stereocenters. The number of fused-ring (bicyclic) bond motifs is 8. The van der Waals surface area contributed by atoms with E-state index in [4.69, 9.17) is 4.42 Å². The van der Waals surface area contributed by atoms with Crippen molar-refractivity contribution in [1.29, 1.82) is 0 Å². The first-order valence-corrected chi connectivity index (χ1v) is 20.2. The zero-order valence-corrected chi connectivity index (χ0v) is 31.5. The van der Waals surface area contributed by atoms with Crippen molar-refractivity contribution in [2.75, 3.05) is 0 Å². The van der Waals surface area contributed by atoms with Gasteiger partial charge in [-0.3, -0.25) is 0 Å². The summed E-state index contributed by atoms with van der Waals surface area (Å²) < 4.78 is 6.54. The lowest BCUT2D eigenvalue weighted by atomic mass is 9.65. The molecule has 1 aliphatic rings. The fourth-order valence-corrected chi connectivity index (χ4v) is 10.6. The van der Waals surface area contributed by atoms with Crippen molar-refractivity contribution in [3.05, 3.63) is 229 Å². The van der Waals surface area contributed by atoms with E-state index in [2.05, 4.69) is 200 Å². The second-order valence-electron chi connectivity index (χ2n) is 16.0. The average Bonchev–Trinajstić information content (AvgIpc) is 3.82. The van der Waals surface area contributed by atoms with Crippen LogP contribution in [0.15, 0.2) is 211 Å². The monoisotopic (exact) mass is 734 g/mol. The van der Waals surface area contributed by atoms with E-state index in [0.717, 1.165) is 27.5 Å². The predicted octanol–water partition coefficient (Wildman–Crippen LogP) is 15.3. The quantitative estimate of drug-likeness (QED) is 0.164. The van der Waals surface area contributed by atoms with E-state index < -0.39 is 5.41 Å². The van der Waals surface area contributed by atoms with Gasteiger partial charge in [-0.2, -0.15) is 0 Å². The Morgan fingerprint density at radius 2 is 0.914 bits per heavy atom. The van der Waals surface area contributed by atoms with Crippen LogP contribution in [0.25, 0.3) is 98.4 Å². The number of hydrogen-bond donors (Lipinski definition) is 0. The number of furan rings is 1. The zero-order chi connectivity index (χ0) is 38.0. The van der Waals surface area contributed by atoms with Crippen LogP contribution in [-0.4, -0.2) is 0 Å². The Labute approximate surface area is 335 Å². The van der Waals surface area contributed by atoms with Crippen LogP contribution in [0, 0.1) is 0 Å². The van der Waals surface area contributed by atoms with Gasteiger partial charge in [0.25, 0.3) is 0 Å². The van der Waals surface area contributed by atoms with Crippen LogP contribution in [0.2, 0.25) is 0 Å². The summed E-state index contributed by atoms with van der Waals surface area (Å²) in [6.45, 7) is 0. The van der Waals surface area contributed by atoms with Gasteiger partial charge in [0.1, 0.15) is 11.2 Å². The van der Waals surface area contributed by atoms with Gasteiger partial charge in [0.05, 0.1) is 5.41 Å². The summed E-state index contributed by atoms with van der Waals surface area (Å²) in [6.07, 6.45) is 0. The van der Waals surface area contributed by atoms with E-state index in [1.807, 2.05) is 6.07 Å². The molecule has 0 amide bonds. The van der Waals surface area contributed by atoms with E-state index in [9.17, 15) is 0 Å². The van der Waals surface area contributed by atoms with Crippen molar-refractivity contribution in [2.24, 2.45) is 0 Å². The maximum absolute atomic E-state index is 6.54. The minimum Gasteiger partial charge on any atom is -0.456 e. The second-order valence-corrected chi connectivity index (χ2v) is 16.0. The van der Waals surface area contributed by atoms with Gasteiger partial charge in [0.2, 0.25) is 0 Å². The topological polar surface area (TPSA) is 13.1 Å². The minimum absolute atomic E-state index is 0.623. The fraction of sp³-hybridized carbons (Fsp3) is 0.0175. The van der Waals surface area contributed by atoms with Crippen LogP contribution in [0.1, 0.15) is 22.3 Å². The molecule has 0 unspecified atom stereocenters. The molecule has 0 bridgehead atoms. The van der Waals surface area contributed by atoms with Gasteiger partial charge in [-0.1, -0.05) is 164 Å². The summed E-state index contributed by atoms with van der Waals surface area (Å²) in [4.78, 5) is 0. The fourth-order valence-electron chi connectivity index (χ4n) is 10.6. The Balaban J connectivity index is 1.14. The van der Waals surface area contributed by atoms with Gasteiger partial charge in [0.15, 0.2) is 0 Å². The average molecular weight is 735 g/mol. The molecule has 11 aromatic carbocycles. The first-order valence-electron chi connectivity index (χ1n) is 20.2. The number of rotatable bonds is 4. The molecule has 12 aromatic rings. The molecule has 0 aliphatic heterocycles. The second kappa shape index (κ2) is 11.8. The smallest absolute Gasteiger partial charge is 0.136 e. The molecule has 0 fully saturated rings. The summed E-state index contributed by atoms with van der Waals surface area (Å²) >= 11 is 0. The summed E-state index contributed by atoms with van der Waals surface area (Å²) in [7, 11) is 0. The summed E-state index contributed by atoms with van der Waals surface area (Å²) in [5.74, 6) is 0. The molecule has 268 valence electrons. The Morgan fingerprint density at radius 1 is 0.328 bits per heavy atom. The van der Waals surface area contributed by atoms with Crippen LogP contribution in [0.3, 0.4) is 0 Å². The lowest BCUT2D eigenvalue weighted by Crippen LogP contribution is -2.29. The van der Waals surface area contributed by atoms with Crippen LogP contribution in [-0.2, 0) is 5.41 Å². The van der Waals surface area contributed by atoms with Gasteiger partial charge in [-0.25, -0.2) is 0 Å². The highest BCUT2D eigenvalue weighted by molar-refractivity contribution is 6.24. The minimum atomic E-state index is -0.623. The van der Waals surface area contributed by atoms with Crippen molar-refractivity contribution in [3.8, 4) is 33.4 Å². The third-order valence-corrected chi connectivity index (χ3v) is 13.0. The Hall–Kier alpha value is -7.48. The molecule has 0 saturated carbocycles. The molecule has 1 heteroatoms. The molecule has 0 N–H and O–H groups in total. The van der Waals surface area contributed by atoms with Gasteiger partial charge in [0, 0.05) is 10.8 Å². The van der Waals surface area contributed by atoms with E-state index in [1.165, 1.54) is 93.2 Å². The summed E-state index contributed by atoms with van der Waals surface area (Å²) in [6, 6.07) is 76.7. The third-order valence-electron chi connectivity index (χ3n) is 13.0. The number of para-hydroxylation sites is 1. The molecule has 1 aromatic heterocycles. The maximum atomic E-state index is 6.54. The molecule has 0 radical (unpaired) electrons. The summed E-state index contributed by atoms with van der Waals surface area (Å²) in [5.41, 5.74) is 13.6. The molecule has 1 heterocycles. The SMILES string of the molecule is c1ccc(C2(c3ccccc3)c3cc(-c4cc5ccc6cccc7ccc(c4)c5c67)ccc3-c3c2c(-c2ccc4c(c2)oc2ccccc24)cc2ccccc32)cc1. The predicted molar refractivity (Wildman–Crippen MR) is 243 cm³/mol. The van der Waals surface area contributed by atoms with E-state index in [0.29, 0.717) is 0 Å². The first-order chi connectivity index (χ1) is 28.7. The van der Waals surface area contributed by atoms with Crippen molar-refractivity contribution >= 4 is 65.0 Å². The van der Waals surface area contributed by atoms with Crippen molar-refractivity contribution in [1.82, 2.24) is 0 Å². The normalized spacial score (nSPS) is 13.3. The molecule has 0 spiro atoms. The van der Waals surface area contributed by atoms with Crippen LogP contribution < -0.4 is 0 Å². The van der Waals surface area contributed by atoms with E-state index in [-0.39, 0.29) is 0 Å². The van der Waals surface area contributed by atoms with E-state index >= 15 is 0 Å². The molecular formula is C57H34O. The standard InChI is InChI=1S/C57H34O/c1-3-15-43(16-4-1)57(44-17-5-2-6-18-44)50-33-37(42-30-40-24-22-35-13-11-14-36-23-25-41(31-42)54(40)53(35)36)26-29-48(50)55-45-19-8-7-12-38(45)32-49(56(55)57)39-27-28-47-46-20-9-10-21-51(46)58-52(47)34-39/h1-34H. The third kappa shape index (κ3) is 4.25. The number of hydrogen-bond acceptors (Lipinski definition) is 1. The molecule has 13 rings (SSSR count). The Morgan fingerprint density at radius 3 is 1.66 bits per heavy atom.